The molecule has 0 aliphatic carbocycles. The van der Waals surface area contributed by atoms with Gasteiger partial charge in [0.25, 0.3) is 0 Å². The number of hydrogen-bond acceptors (Lipinski definition) is 4. The smallest absolute Gasteiger partial charge is 0.0726 e. The van der Waals surface area contributed by atoms with E-state index in [9.17, 15) is 0 Å². The molecule has 0 aromatic carbocycles. The van der Waals surface area contributed by atoms with E-state index in [-0.39, 0.29) is 0 Å². The highest BCUT2D eigenvalue weighted by atomic mass is 15.2. The third-order valence-electron chi connectivity index (χ3n) is 2.83. The first-order chi connectivity index (χ1) is 6.79. The molecule has 2 rings (SSSR count). The molecule has 4 heteroatoms. The van der Waals surface area contributed by atoms with Crippen molar-refractivity contribution in [3.8, 4) is 0 Å². The number of nitrogens with two attached hydrogens (primary N) is 1. The van der Waals surface area contributed by atoms with Crippen molar-refractivity contribution in [1.29, 1.82) is 0 Å². The standard InChI is InChI=1S/C10H16N4/c1-2-14-4-3-8(7-14)10-5-9(11)6-12-13-10/h5-6,8H,2-4,7H2,1H3,(H2,11,13). The third kappa shape index (κ3) is 1.85. The van der Waals surface area contributed by atoms with Crippen LogP contribution in [-0.4, -0.2) is 34.7 Å². The van der Waals surface area contributed by atoms with Crippen LogP contribution in [0.15, 0.2) is 12.3 Å². The van der Waals surface area contributed by atoms with Crippen molar-refractivity contribution in [2.24, 2.45) is 0 Å². The van der Waals surface area contributed by atoms with Crippen molar-refractivity contribution < 1.29 is 0 Å². The van der Waals surface area contributed by atoms with Gasteiger partial charge in [0.05, 0.1) is 17.6 Å². The number of anilines is 1. The van der Waals surface area contributed by atoms with Gasteiger partial charge >= 0.3 is 0 Å². The lowest BCUT2D eigenvalue weighted by molar-refractivity contribution is 0.353. The fourth-order valence-electron chi connectivity index (χ4n) is 1.96. The number of likely N-dealkylation sites (N-methyl/N-ethyl adjacent to an activating group) is 1. The highest BCUT2D eigenvalue weighted by molar-refractivity contribution is 5.35. The van der Waals surface area contributed by atoms with Crippen LogP contribution in [0.3, 0.4) is 0 Å². The first-order valence-corrected chi connectivity index (χ1v) is 5.10. The van der Waals surface area contributed by atoms with Crippen molar-refractivity contribution >= 4 is 5.69 Å². The maximum atomic E-state index is 5.68. The van der Waals surface area contributed by atoms with E-state index in [1.54, 1.807) is 6.20 Å². The van der Waals surface area contributed by atoms with Gasteiger partial charge in [-0.15, -0.1) is 0 Å². The van der Waals surface area contributed by atoms with Crippen LogP contribution >= 0.6 is 0 Å². The Kier molecular flexibility index (Phi) is 2.63. The molecule has 2 heterocycles. The average Bonchev–Trinajstić information content (AvgIpc) is 2.66. The maximum absolute atomic E-state index is 5.68. The number of rotatable bonds is 2. The monoisotopic (exact) mass is 192 g/mol. The van der Waals surface area contributed by atoms with E-state index in [0.29, 0.717) is 11.6 Å². The molecule has 1 atom stereocenters. The summed E-state index contributed by atoms with van der Waals surface area (Å²) >= 11 is 0. The van der Waals surface area contributed by atoms with Crippen LogP contribution in [0.2, 0.25) is 0 Å². The van der Waals surface area contributed by atoms with Crippen LogP contribution < -0.4 is 5.73 Å². The number of nitrogens with zero attached hydrogens (tertiary/aromatic N) is 3. The van der Waals surface area contributed by atoms with E-state index >= 15 is 0 Å². The van der Waals surface area contributed by atoms with Crippen LogP contribution in [0.1, 0.15) is 25.0 Å². The Morgan fingerprint density at radius 2 is 2.50 bits per heavy atom. The molecular formula is C10H16N4. The summed E-state index contributed by atoms with van der Waals surface area (Å²) in [5.41, 5.74) is 7.43. The number of hydrogen-bond donors (Lipinski definition) is 1. The van der Waals surface area contributed by atoms with Crippen molar-refractivity contribution in [2.45, 2.75) is 19.3 Å². The minimum absolute atomic E-state index is 0.519. The average molecular weight is 192 g/mol. The molecule has 1 aliphatic rings. The minimum Gasteiger partial charge on any atom is -0.397 e. The van der Waals surface area contributed by atoms with Crippen LogP contribution in [-0.2, 0) is 0 Å². The Morgan fingerprint density at radius 3 is 3.14 bits per heavy atom. The number of aromatic nitrogens is 2. The Balaban J connectivity index is 2.09. The molecule has 14 heavy (non-hydrogen) atoms. The molecule has 0 saturated carbocycles. The Morgan fingerprint density at radius 1 is 1.64 bits per heavy atom. The zero-order valence-corrected chi connectivity index (χ0v) is 8.48. The second kappa shape index (κ2) is 3.92. The van der Waals surface area contributed by atoms with Gasteiger partial charge in [0, 0.05) is 12.5 Å². The molecule has 1 fully saturated rings. The fourth-order valence-corrected chi connectivity index (χ4v) is 1.96. The third-order valence-corrected chi connectivity index (χ3v) is 2.83. The van der Waals surface area contributed by atoms with E-state index in [1.165, 1.54) is 6.42 Å². The van der Waals surface area contributed by atoms with Crippen molar-refractivity contribution in [1.82, 2.24) is 15.1 Å². The van der Waals surface area contributed by atoms with E-state index in [0.717, 1.165) is 25.3 Å². The summed E-state index contributed by atoms with van der Waals surface area (Å²) in [6.07, 6.45) is 2.77. The Hall–Kier alpha value is -1.16. The van der Waals surface area contributed by atoms with E-state index < -0.39 is 0 Å². The largest absolute Gasteiger partial charge is 0.397 e. The molecule has 1 aromatic heterocycles. The molecule has 1 saturated heterocycles. The number of likely N-dealkylation sites (tertiary alicyclic amines) is 1. The lowest BCUT2D eigenvalue weighted by Crippen LogP contribution is -2.19. The molecular weight excluding hydrogens is 176 g/mol. The predicted octanol–water partition coefficient (Wildman–Crippen LogP) is 0.868. The Bertz CT molecular complexity index is 313. The first-order valence-electron chi connectivity index (χ1n) is 5.10. The summed E-state index contributed by atoms with van der Waals surface area (Å²) < 4.78 is 0. The van der Waals surface area contributed by atoms with Crippen LogP contribution in [0.5, 0.6) is 0 Å². The molecule has 0 amide bonds. The van der Waals surface area contributed by atoms with Gasteiger partial charge < -0.3 is 10.6 Å². The zero-order chi connectivity index (χ0) is 9.97. The molecule has 76 valence electrons. The van der Waals surface area contributed by atoms with Gasteiger partial charge in [-0.3, -0.25) is 0 Å². The Labute approximate surface area is 84.1 Å². The quantitative estimate of drug-likeness (QED) is 0.755. The predicted molar refractivity (Wildman–Crippen MR) is 55.9 cm³/mol. The lowest BCUT2D eigenvalue weighted by Gasteiger charge is -2.12. The van der Waals surface area contributed by atoms with Crippen molar-refractivity contribution in [2.75, 3.05) is 25.4 Å². The van der Waals surface area contributed by atoms with Gasteiger partial charge in [-0.1, -0.05) is 6.92 Å². The lowest BCUT2D eigenvalue weighted by atomic mass is 10.0. The van der Waals surface area contributed by atoms with Gasteiger partial charge in [-0.25, -0.2) is 0 Å². The fraction of sp³-hybridized carbons (Fsp3) is 0.600. The summed E-state index contributed by atoms with van der Waals surface area (Å²) in [6, 6.07) is 1.94. The molecule has 1 aromatic rings. The topological polar surface area (TPSA) is 55.0 Å². The summed E-state index contributed by atoms with van der Waals surface area (Å²) in [5, 5.41) is 8.02. The van der Waals surface area contributed by atoms with Crippen LogP contribution in [0, 0.1) is 0 Å². The van der Waals surface area contributed by atoms with Crippen LogP contribution in [0.4, 0.5) is 5.69 Å². The second-order valence-electron chi connectivity index (χ2n) is 3.79. The minimum atomic E-state index is 0.519. The normalized spacial score (nSPS) is 22.8. The van der Waals surface area contributed by atoms with Gasteiger partial charge in [-0.05, 0) is 25.6 Å². The highest BCUT2D eigenvalue weighted by Gasteiger charge is 2.23. The molecule has 4 nitrogen and oxygen atoms in total. The summed E-state index contributed by atoms with van der Waals surface area (Å²) in [7, 11) is 0. The molecule has 0 radical (unpaired) electrons. The highest BCUT2D eigenvalue weighted by Crippen LogP contribution is 2.25. The summed E-state index contributed by atoms with van der Waals surface area (Å²) in [4.78, 5) is 2.43. The summed E-state index contributed by atoms with van der Waals surface area (Å²) in [6.45, 7) is 5.56. The molecule has 2 N–H and O–H groups in total. The molecule has 1 unspecified atom stereocenters. The van der Waals surface area contributed by atoms with Crippen molar-refractivity contribution in [3.63, 3.8) is 0 Å². The second-order valence-corrected chi connectivity index (χ2v) is 3.79. The number of nitrogen functional groups attached to an aromatic ring is 1. The van der Waals surface area contributed by atoms with E-state index in [4.69, 9.17) is 5.73 Å². The molecule has 0 spiro atoms. The van der Waals surface area contributed by atoms with E-state index in [1.807, 2.05) is 6.07 Å². The SMILES string of the molecule is CCN1CCC(c2cc(N)cnn2)C1. The van der Waals surface area contributed by atoms with Gasteiger partial charge in [0.1, 0.15) is 0 Å². The van der Waals surface area contributed by atoms with E-state index in [2.05, 4.69) is 22.0 Å². The van der Waals surface area contributed by atoms with Gasteiger partial charge in [0.2, 0.25) is 0 Å². The summed E-state index contributed by atoms with van der Waals surface area (Å²) in [5.74, 6) is 0.519. The van der Waals surface area contributed by atoms with Crippen LogP contribution in [0.25, 0.3) is 0 Å². The van der Waals surface area contributed by atoms with Crippen molar-refractivity contribution in [3.05, 3.63) is 18.0 Å². The molecule has 0 bridgehead atoms. The first kappa shape index (κ1) is 9.40. The zero-order valence-electron chi connectivity index (χ0n) is 8.48. The maximum Gasteiger partial charge on any atom is 0.0726 e. The van der Waals surface area contributed by atoms with Gasteiger partial charge in [0.15, 0.2) is 0 Å². The molecule has 1 aliphatic heterocycles. The van der Waals surface area contributed by atoms with Gasteiger partial charge in [-0.2, -0.15) is 10.2 Å².